The average molecular weight is 415 g/mol. The third-order valence-corrected chi connectivity index (χ3v) is 3.69. The Labute approximate surface area is 155 Å². The van der Waals surface area contributed by atoms with Crippen molar-refractivity contribution in [3.8, 4) is 5.75 Å². The Kier molecular flexibility index (Phi) is 9.61. The van der Waals surface area contributed by atoms with E-state index < -0.39 is 24.5 Å². The molecule has 0 aromatic heterocycles. The molecule has 0 bridgehead atoms. The van der Waals surface area contributed by atoms with Crippen molar-refractivity contribution in [3.63, 3.8) is 0 Å². The van der Waals surface area contributed by atoms with Crippen LogP contribution < -0.4 is 15.4 Å². The normalized spacial score (nSPS) is 11.3. The van der Waals surface area contributed by atoms with E-state index in [1.807, 2.05) is 38.1 Å². The highest BCUT2D eigenvalue weighted by molar-refractivity contribution is 9.10. The standard InChI is InChI=1S/C17H23BrN2O5/c1-3-12(2)19-17(23)20-15(21)11-25-16(22)8-5-9-24-14-7-4-6-13(18)10-14/h4,6-7,10,12H,3,5,8-9,11H2,1-2H3,(H2,19,20,21,23)/t12-/m0/s1. The summed E-state index contributed by atoms with van der Waals surface area (Å²) in [6.07, 6.45) is 1.33. The maximum Gasteiger partial charge on any atom is 0.321 e. The first kappa shape index (κ1) is 21.0. The SMILES string of the molecule is CC[C@H](C)NC(=O)NC(=O)COC(=O)CCCOc1cccc(Br)c1. The van der Waals surface area contributed by atoms with Gasteiger partial charge in [-0.1, -0.05) is 28.9 Å². The highest BCUT2D eigenvalue weighted by atomic mass is 79.9. The van der Waals surface area contributed by atoms with Gasteiger partial charge in [-0.2, -0.15) is 0 Å². The third kappa shape index (κ3) is 9.71. The molecular weight excluding hydrogens is 392 g/mol. The summed E-state index contributed by atoms with van der Waals surface area (Å²) < 4.78 is 11.2. The number of rotatable bonds is 9. The van der Waals surface area contributed by atoms with E-state index in [-0.39, 0.29) is 12.5 Å². The lowest BCUT2D eigenvalue weighted by molar-refractivity contribution is -0.148. The van der Waals surface area contributed by atoms with Crippen molar-refractivity contribution in [2.75, 3.05) is 13.2 Å². The van der Waals surface area contributed by atoms with E-state index in [4.69, 9.17) is 9.47 Å². The van der Waals surface area contributed by atoms with Gasteiger partial charge in [-0.05, 0) is 38.0 Å². The second kappa shape index (κ2) is 11.5. The zero-order valence-electron chi connectivity index (χ0n) is 14.3. The van der Waals surface area contributed by atoms with Crippen molar-refractivity contribution >= 4 is 33.8 Å². The number of ether oxygens (including phenoxy) is 2. The second-order valence-corrected chi connectivity index (χ2v) is 6.32. The van der Waals surface area contributed by atoms with Crippen LogP contribution in [0.2, 0.25) is 0 Å². The highest BCUT2D eigenvalue weighted by Gasteiger charge is 2.12. The van der Waals surface area contributed by atoms with Gasteiger partial charge >= 0.3 is 12.0 Å². The maximum atomic E-state index is 11.6. The number of nitrogens with one attached hydrogen (secondary N) is 2. The number of hydrogen-bond donors (Lipinski definition) is 2. The van der Waals surface area contributed by atoms with Gasteiger partial charge in [0, 0.05) is 16.9 Å². The van der Waals surface area contributed by atoms with Crippen LogP contribution in [0.4, 0.5) is 4.79 Å². The smallest absolute Gasteiger partial charge is 0.321 e. The molecule has 1 aromatic rings. The van der Waals surface area contributed by atoms with Gasteiger partial charge in [0.2, 0.25) is 0 Å². The molecule has 1 rings (SSSR count). The summed E-state index contributed by atoms with van der Waals surface area (Å²) in [6, 6.07) is 6.74. The summed E-state index contributed by atoms with van der Waals surface area (Å²) in [4.78, 5) is 34.5. The molecule has 0 aliphatic rings. The summed E-state index contributed by atoms with van der Waals surface area (Å²) in [5.41, 5.74) is 0. The number of halogens is 1. The minimum absolute atomic E-state index is 0.0411. The van der Waals surface area contributed by atoms with Crippen LogP contribution in [0, 0.1) is 0 Å². The van der Waals surface area contributed by atoms with Gasteiger partial charge in [0.1, 0.15) is 5.75 Å². The Balaban J connectivity index is 2.13. The van der Waals surface area contributed by atoms with Crippen LogP contribution in [0.5, 0.6) is 5.75 Å². The molecule has 8 heteroatoms. The Morgan fingerprint density at radius 1 is 1.28 bits per heavy atom. The van der Waals surface area contributed by atoms with Gasteiger partial charge in [-0.15, -0.1) is 0 Å². The number of carbonyl (C=O) groups is 3. The van der Waals surface area contributed by atoms with Crippen LogP contribution >= 0.6 is 15.9 Å². The summed E-state index contributed by atoms with van der Waals surface area (Å²) >= 11 is 3.34. The van der Waals surface area contributed by atoms with E-state index in [9.17, 15) is 14.4 Å². The minimum atomic E-state index is -0.667. The number of urea groups is 1. The van der Waals surface area contributed by atoms with Crippen LogP contribution in [-0.4, -0.2) is 37.2 Å². The Morgan fingerprint density at radius 2 is 2.04 bits per heavy atom. The van der Waals surface area contributed by atoms with E-state index in [2.05, 4.69) is 26.6 Å². The molecule has 0 unspecified atom stereocenters. The monoisotopic (exact) mass is 414 g/mol. The van der Waals surface area contributed by atoms with E-state index in [1.54, 1.807) is 0 Å². The Bertz CT molecular complexity index is 594. The van der Waals surface area contributed by atoms with E-state index in [1.165, 1.54) is 0 Å². The van der Waals surface area contributed by atoms with Crippen LogP contribution in [0.3, 0.4) is 0 Å². The van der Waals surface area contributed by atoms with Gasteiger partial charge in [-0.25, -0.2) is 4.79 Å². The lowest BCUT2D eigenvalue weighted by Crippen LogP contribution is -2.44. The highest BCUT2D eigenvalue weighted by Crippen LogP contribution is 2.17. The fourth-order valence-electron chi connectivity index (χ4n) is 1.71. The van der Waals surface area contributed by atoms with Gasteiger partial charge in [0.15, 0.2) is 6.61 Å². The molecule has 2 N–H and O–H groups in total. The first-order chi connectivity index (χ1) is 11.9. The van der Waals surface area contributed by atoms with Crippen LogP contribution in [-0.2, 0) is 14.3 Å². The molecule has 0 radical (unpaired) electrons. The first-order valence-corrected chi connectivity index (χ1v) is 8.84. The molecule has 1 atom stereocenters. The first-order valence-electron chi connectivity index (χ1n) is 8.05. The quantitative estimate of drug-likeness (QED) is 0.478. The minimum Gasteiger partial charge on any atom is -0.494 e. The van der Waals surface area contributed by atoms with Crippen molar-refractivity contribution in [2.45, 2.75) is 39.2 Å². The number of imide groups is 1. The van der Waals surface area contributed by atoms with Crippen molar-refractivity contribution < 1.29 is 23.9 Å². The Morgan fingerprint density at radius 3 is 2.72 bits per heavy atom. The molecule has 0 aliphatic carbocycles. The van der Waals surface area contributed by atoms with Crippen LogP contribution in [0.25, 0.3) is 0 Å². The molecule has 138 valence electrons. The van der Waals surface area contributed by atoms with Gasteiger partial charge in [0.25, 0.3) is 5.91 Å². The van der Waals surface area contributed by atoms with Gasteiger partial charge in [-0.3, -0.25) is 14.9 Å². The van der Waals surface area contributed by atoms with Crippen molar-refractivity contribution in [1.82, 2.24) is 10.6 Å². The number of esters is 1. The number of carbonyl (C=O) groups excluding carboxylic acids is 3. The summed E-state index contributed by atoms with van der Waals surface area (Å²) in [6.45, 7) is 3.60. The third-order valence-electron chi connectivity index (χ3n) is 3.20. The molecule has 7 nitrogen and oxygen atoms in total. The zero-order chi connectivity index (χ0) is 18.7. The van der Waals surface area contributed by atoms with Crippen molar-refractivity contribution in [3.05, 3.63) is 28.7 Å². The van der Waals surface area contributed by atoms with E-state index >= 15 is 0 Å². The lowest BCUT2D eigenvalue weighted by Gasteiger charge is -2.11. The van der Waals surface area contributed by atoms with Gasteiger partial charge in [0.05, 0.1) is 6.61 Å². The molecule has 0 heterocycles. The number of amides is 3. The average Bonchev–Trinajstić information content (AvgIpc) is 2.56. The van der Waals surface area contributed by atoms with Crippen molar-refractivity contribution in [1.29, 1.82) is 0 Å². The fourth-order valence-corrected chi connectivity index (χ4v) is 2.08. The molecular formula is C17H23BrN2O5. The number of benzene rings is 1. The molecule has 0 aliphatic heterocycles. The molecule has 0 spiro atoms. The zero-order valence-corrected chi connectivity index (χ0v) is 15.9. The summed E-state index contributed by atoms with van der Waals surface area (Å²) in [5.74, 6) is -0.482. The predicted molar refractivity (Wildman–Crippen MR) is 96.3 cm³/mol. The molecule has 0 saturated carbocycles. The topological polar surface area (TPSA) is 93.7 Å². The molecule has 25 heavy (non-hydrogen) atoms. The molecule has 0 saturated heterocycles. The largest absolute Gasteiger partial charge is 0.494 e. The number of hydrogen-bond acceptors (Lipinski definition) is 5. The van der Waals surface area contributed by atoms with Crippen LogP contribution in [0.1, 0.15) is 33.1 Å². The molecule has 0 fully saturated rings. The van der Waals surface area contributed by atoms with Gasteiger partial charge < -0.3 is 14.8 Å². The van der Waals surface area contributed by atoms with Crippen molar-refractivity contribution in [2.24, 2.45) is 0 Å². The van der Waals surface area contributed by atoms with Crippen LogP contribution in [0.15, 0.2) is 28.7 Å². The molecule has 1 aromatic carbocycles. The predicted octanol–water partition coefficient (Wildman–Crippen LogP) is 2.78. The van der Waals surface area contributed by atoms with E-state index in [0.29, 0.717) is 18.8 Å². The maximum absolute atomic E-state index is 11.6. The fraction of sp³-hybridized carbons (Fsp3) is 0.471. The Hall–Kier alpha value is -2.09. The summed E-state index contributed by atoms with van der Waals surface area (Å²) in [7, 11) is 0. The summed E-state index contributed by atoms with van der Waals surface area (Å²) in [5, 5.41) is 4.68. The van der Waals surface area contributed by atoms with E-state index in [0.717, 1.165) is 10.9 Å². The molecule has 3 amide bonds. The lowest BCUT2D eigenvalue weighted by atomic mass is 10.3. The second-order valence-electron chi connectivity index (χ2n) is 5.40.